The van der Waals surface area contributed by atoms with Gasteiger partial charge in [-0.05, 0) is 45.4 Å². The van der Waals surface area contributed by atoms with Crippen LogP contribution in [0.25, 0.3) is 0 Å². The van der Waals surface area contributed by atoms with Crippen LogP contribution in [0.5, 0.6) is 0 Å². The van der Waals surface area contributed by atoms with Crippen LogP contribution in [0.1, 0.15) is 33.3 Å². The maximum absolute atomic E-state index is 12.0. The number of esters is 1. The highest BCUT2D eigenvalue weighted by Gasteiger charge is 2.26. The lowest BCUT2D eigenvalue weighted by molar-refractivity contribution is -0.156. The molecule has 0 aliphatic carbocycles. The number of rotatable bonds is 4. The second-order valence-corrected chi connectivity index (χ2v) is 7.39. The number of benzene rings is 1. The average molecular weight is 319 g/mol. The Morgan fingerprint density at radius 1 is 1.35 bits per heavy atom. The molecular weight excluding hydrogens is 290 g/mol. The summed E-state index contributed by atoms with van der Waals surface area (Å²) >= 11 is 0. The summed E-state index contributed by atoms with van der Waals surface area (Å²) in [6.07, 6.45) is 0. The van der Waals surface area contributed by atoms with E-state index in [1.165, 1.54) is 5.56 Å². The van der Waals surface area contributed by atoms with Gasteiger partial charge in [0.2, 0.25) is 0 Å². The van der Waals surface area contributed by atoms with Crippen molar-refractivity contribution < 1.29 is 9.53 Å². The molecule has 5 nitrogen and oxygen atoms in total. The molecule has 0 bridgehead atoms. The Morgan fingerprint density at radius 3 is 2.70 bits per heavy atom. The van der Waals surface area contributed by atoms with Gasteiger partial charge in [0, 0.05) is 37.9 Å². The molecule has 1 aromatic carbocycles. The number of nitrogens with two attached hydrogens (primary N) is 1. The fourth-order valence-electron chi connectivity index (χ4n) is 2.93. The normalized spacial score (nSPS) is 20.4. The molecule has 1 fully saturated rings. The molecule has 0 radical (unpaired) electrons. The summed E-state index contributed by atoms with van der Waals surface area (Å²) in [4.78, 5) is 16.6. The van der Waals surface area contributed by atoms with Crippen molar-refractivity contribution in [3.8, 4) is 0 Å². The lowest BCUT2D eigenvalue weighted by Crippen LogP contribution is -2.52. The van der Waals surface area contributed by atoms with E-state index < -0.39 is 5.60 Å². The minimum Gasteiger partial charge on any atom is -0.459 e. The number of nitrogen functional groups attached to an aromatic ring is 1. The van der Waals surface area contributed by atoms with Crippen molar-refractivity contribution in [2.75, 3.05) is 31.9 Å². The van der Waals surface area contributed by atoms with Crippen molar-refractivity contribution in [1.82, 2.24) is 9.80 Å². The molecule has 2 rings (SSSR count). The van der Waals surface area contributed by atoms with Crippen LogP contribution >= 0.6 is 0 Å². The minimum absolute atomic E-state index is 0.144. The van der Waals surface area contributed by atoms with E-state index in [2.05, 4.69) is 22.8 Å². The van der Waals surface area contributed by atoms with Gasteiger partial charge in [0.05, 0.1) is 6.54 Å². The first kappa shape index (κ1) is 17.8. The van der Waals surface area contributed by atoms with Crippen LogP contribution in [-0.2, 0) is 16.1 Å². The number of nitrogens with zero attached hydrogens (tertiary/aromatic N) is 2. The van der Waals surface area contributed by atoms with Gasteiger partial charge in [0.15, 0.2) is 0 Å². The van der Waals surface area contributed by atoms with Gasteiger partial charge >= 0.3 is 5.97 Å². The first-order valence-electron chi connectivity index (χ1n) is 8.25. The quantitative estimate of drug-likeness (QED) is 0.680. The van der Waals surface area contributed by atoms with Crippen molar-refractivity contribution in [1.29, 1.82) is 0 Å². The predicted octanol–water partition coefficient (Wildman–Crippen LogP) is 2.12. The topological polar surface area (TPSA) is 58.8 Å². The van der Waals surface area contributed by atoms with Gasteiger partial charge in [-0.2, -0.15) is 0 Å². The maximum atomic E-state index is 12.0. The molecule has 1 aliphatic rings. The number of ether oxygens (including phenoxy) is 1. The third kappa shape index (κ3) is 5.84. The largest absolute Gasteiger partial charge is 0.459 e. The van der Waals surface area contributed by atoms with E-state index in [0.29, 0.717) is 12.6 Å². The van der Waals surface area contributed by atoms with Gasteiger partial charge in [-0.15, -0.1) is 0 Å². The fourth-order valence-corrected chi connectivity index (χ4v) is 2.93. The monoisotopic (exact) mass is 319 g/mol. The molecule has 0 amide bonds. The number of hydrogen-bond donors (Lipinski definition) is 1. The van der Waals surface area contributed by atoms with Crippen molar-refractivity contribution in [2.24, 2.45) is 0 Å². The Kier molecular flexibility index (Phi) is 5.65. The molecule has 1 aliphatic heterocycles. The highest BCUT2D eigenvalue weighted by atomic mass is 16.6. The third-order valence-electron chi connectivity index (χ3n) is 3.96. The molecule has 0 saturated carbocycles. The third-order valence-corrected chi connectivity index (χ3v) is 3.96. The zero-order valence-electron chi connectivity index (χ0n) is 14.7. The Bertz CT molecular complexity index is 539. The molecule has 128 valence electrons. The summed E-state index contributed by atoms with van der Waals surface area (Å²) < 4.78 is 5.40. The van der Waals surface area contributed by atoms with Crippen molar-refractivity contribution in [3.05, 3.63) is 29.8 Å². The smallest absolute Gasteiger partial charge is 0.320 e. The van der Waals surface area contributed by atoms with Crippen molar-refractivity contribution >= 4 is 11.7 Å². The van der Waals surface area contributed by atoms with E-state index in [1.54, 1.807) is 0 Å². The van der Waals surface area contributed by atoms with Gasteiger partial charge in [0.25, 0.3) is 0 Å². The van der Waals surface area contributed by atoms with Crippen LogP contribution in [0.15, 0.2) is 24.3 Å². The van der Waals surface area contributed by atoms with E-state index >= 15 is 0 Å². The van der Waals surface area contributed by atoms with Crippen LogP contribution in [-0.4, -0.2) is 53.6 Å². The van der Waals surface area contributed by atoms with E-state index in [1.807, 2.05) is 39.0 Å². The highest BCUT2D eigenvalue weighted by Crippen LogP contribution is 2.16. The van der Waals surface area contributed by atoms with Gasteiger partial charge in [-0.3, -0.25) is 14.6 Å². The molecular formula is C18H29N3O2. The molecule has 23 heavy (non-hydrogen) atoms. The second kappa shape index (κ2) is 7.32. The van der Waals surface area contributed by atoms with Crippen LogP contribution in [0.4, 0.5) is 5.69 Å². The molecule has 1 aromatic rings. The Hall–Kier alpha value is -1.59. The Morgan fingerprint density at radius 2 is 2.09 bits per heavy atom. The van der Waals surface area contributed by atoms with Crippen LogP contribution in [0.2, 0.25) is 0 Å². The number of hydrogen-bond acceptors (Lipinski definition) is 5. The SMILES string of the molecule is CC1CN(CC(=O)OC(C)(C)C)CCN1Cc1cccc(N)c1. The predicted molar refractivity (Wildman–Crippen MR) is 93.0 cm³/mol. The van der Waals surface area contributed by atoms with Gasteiger partial charge in [-0.25, -0.2) is 0 Å². The van der Waals surface area contributed by atoms with Crippen LogP contribution in [0.3, 0.4) is 0 Å². The number of anilines is 1. The first-order valence-corrected chi connectivity index (χ1v) is 8.25. The highest BCUT2D eigenvalue weighted by molar-refractivity contribution is 5.72. The number of piperazine rings is 1. The Balaban J connectivity index is 1.84. The lowest BCUT2D eigenvalue weighted by atomic mass is 10.1. The average Bonchev–Trinajstić information content (AvgIpc) is 2.40. The molecule has 1 heterocycles. The molecule has 0 spiro atoms. The first-order chi connectivity index (χ1) is 10.7. The lowest BCUT2D eigenvalue weighted by Gasteiger charge is -2.39. The van der Waals surface area contributed by atoms with E-state index in [4.69, 9.17) is 10.5 Å². The van der Waals surface area contributed by atoms with Crippen molar-refractivity contribution in [3.63, 3.8) is 0 Å². The molecule has 1 atom stereocenters. The summed E-state index contributed by atoms with van der Waals surface area (Å²) in [5.74, 6) is -0.144. The second-order valence-electron chi connectivity index (χ2n) is 7.39. The molecule has 5 heteroatoms. The molecule has 2 N–H and O–H groups in total. The van der Waals surface area contributed by atoms with Gasteiger partial charge in [0.1, 0.15) is 5.60 Å². The minimum atomic E-state index is -0.419. The van der Waals surface area contributed by atoms with E-state index in [9.17, 15) is 4.79 Å². The van der Waals surface area contributed by atoms with E-state index in [0.717, 1.165) is 31.9 Å². The summed E-state index contributed by atoms with van der Waals surface area (Å²) in [7, 11) is 0. The number of carbonyl (C=O) groups excluding carboxylic acids is 1. The Labute approximate surface area is 139 Å². The number of carbonyl (C=O) groups is 1. The maximum Gasteiger partial charge on any atom is 0.320 e. The van der Waals surface area contributed by atoms with Gasteiger partial charge in [-0.1, -0.05) is 12.1 Å². The van der Waals surface area contributed by atoms with Crippen LogP contribution < -0.4 is 5.73 Å². The zero-order valence-corrected chi connectivity index (χ0v) is 14.7. The summed E-state index contributed by atoms with van der Waals surface area (Å²) in [6, 6.07) is 8.43. The zero-order chi connectivity index (χ0) is 17.0. The molecule has 0 aromatic heterocycles. The van der Waals surface area contributed by atoms with Crippen molar-refractivity contribution in [2.45, 2.75) is 45.9 Å². The fraction of sp³-hybridized carbons (Fsp3) is 0.611. The summed E-state index contributed by atoms with van der Waals surface area (Å²) in [6.45, 7) is 11.9. The molecule has 1 unspecified atom stereocenters. The van der Waals surface area contributed by atoms with Crippen LogP contribution in [0, 0.1) is 0 Å². The standard InChI is InChI=1S/C18H29N3O2/c1-14-11-20(13-17(22)23-18(2,3)4)8-9-21(14)12-15-6-5-7-16(19)10-15/h5-7,10,14H,8-9,11-13,19H2,1-4H3. The van der Waals surface area contributed by atoms with E-state index in [-0.39, 0.29) is 5.97 Å². The van der Waals surface area contributed by atoms with Gasteiger partial charge < -0.3 is 10.5 Å². The summed E-state index contributed by atoms with van der Waals surface area (Å²) in [5.41, 5.74) is 7.47. The summed E-state index contributed by atoms with van der Waals surface area (Å²) in [5, 5.41) is 0. The molecule has 1 saturated heterocycles.